The lowest BCUT2D eigenvalue weighted by Crippen LogP contribution is -2.06. The third-order valence-electron chi connectivity index (χ3n) is 11.0. The second-order valence-electron chi connectivity index (χ2n) is 14.0. The number of rotatable bonds is 4. The molecule has 0 unspecified atom stereocenters. The van der Waals surface area contributed by atoms with E-state index in [1.165, 1.54) is 58.1 Å². The van der Waals surface area contributed by atoms with Gasteiger partial charge in [0.15, 0.2) is 11.6 Å². The van der Waals surface area contributed by atoms with Gasteiger partial charge in [0, 0.05) is 49.1 Å². The van der Waals surface area contributed by atoms with Gasteiger partial charge in [0.1, 0.15) is 0 Å². The minimum absolute atomic E-state index is 0.597. The molecule has 0 atom stereocenters. The summed E-state index contributed by atoms with van der Waals surface area (Å²) in [5.74, 6) is 1.88. The van der Waals surface area contributed by atoms with Gasteiger partial charge in [-0.25, -0.2) is 4.98 Å². The van der Waals surface area contributed by atoms with E-state index in [9.17, 15) is 0 Å². The highest BCUT2D eigenvalue weighted by atomic mass is 32.1. The molecular formula is C49H29N5S. The summed E-state index contributed by atoms with van der Waals surface area (Å²) in [6, 6.07) is 62.4. The van der Waals surface area contributed by atoms with E-state index in [4.69, 9.17) is 15.0 Å². The largest absolute Gasteiger partial charge is 0.308 e. The van der Waals surface area contributed by atoms with Gasteiger partial charge in [-0.05, 0) is 35.0 Å². The van der Waals surface area contributed by atoms with Crippen LogP contribution in [0.2, 0.25) is 0 Å². The Morgan fingerprint density at radius 2 is 0.855 bits per heavy atom. The van der Waals surface area contributed by atoms with Crippen LogP contribution in [0.5, 0.6) is 0 Å². The van der Waals surface area contributed by atoms with Crippen molar-refractivity contribution >= 4 is 85.9 Å². The van der Waals surface area contributed by atoms with Gasteiger partial charge in [-0.1, -0.05) is 152 Å². The fourth-order valence-electron chi connectivity index (χ4n) is 8.48. The topological polar surface area (TPSA) is 48.5 Å². The average molecular weight is 720 g/mol. The minimum atomic E-state index is 0.597. The van der Waals surface area contributed by atoms with Crippen LogP contribution in [0, 0.1) is 0 Å². The molecule has 0 saturated carbocycles. The summed E-state index contributed by atoms with van der Waals surface area (Å²) in [6.45, 7) is 0. The predicted molar refractivity (Wildman–Crippen MR) is 230 cm³/mol. The maximum absolute atomic E-state index is 5.23. The number of para-hydroxylation sites is 2. The molecule has 6 heteroatoms. The minimum Gasteiger partial charge on any atom is -0.308 e. The number of hydrogen-bond acceptors (Lipinski definition) is 4. The van der Waals surface area contributed by atoms with Crippen molar-refractivity contribution < 1.29 is 0 Å². The summed E-state index contributed by atoms with van der Waals surface area (Å²) in [6.07, 6.45) is 0. The van der Waals surface area contributed by atoms with E-state index < -0.39 is 0 Å². The van der Waals surface area contributed by atoms with Gasteiger partial charge >= 0.3 is 0 Å². The first-order chi connectivity index (χ1) is 27.3. The SMILES string of the molecule is c1ccc(-c2nc(-c3ccccc3)nc(-n3c4ccccc4c4ccc5c6ccc7c8ccccc8n(-c8ccc9ccccc9c8)c7c6sc5c43)n2)cc1. The van der Waals surface area contributed by atoms with Gasteiger partial charge in [-0.2, -0.15) is 9.97 Å². The Morgan fingerprint density at radius 1 is 0.364 bits per heavy atom. The predicted octanol–water partition coefficient (Wildman–Crippen LogP) is 12.9. The molecule has 0 amide bonds. The molecule has 0 N–H and O–H groups in total. The van der Waals surface area contributed by atoms with Crippen LogP contribution >= 0.6 is 11.3 Å². The quantitative estimate of drug-likeness (QED) is 0.182. The van der Waals surface area contributed by atoms with Gasteiger partial charge < -0.3 is 4.57 Å². The summed E-state index contributed by atoms with van der Waals surface area (Å²) >= 11 is 1.86. The highest BCUT2D eigenvalue weighted by Gasteiger charge is 2.23. The van der Waals surface area contributed by atoms with Crippen LogP contribution in [0.15, 0.2) is 176 Å². The van der Waals surface area contributed by atoms with Crippen molar-refractivity contribution in [1.82, 2.24) is 24.1 Å². The summed E-state index contributed by atoms with van der Waals surface area (Å²) in [5.41, 5.74) is 7.63. The molecule has 0 aliphatic carbocycles. The molecule has 0 spiro atoms. The molecule has 4 heterocycles. The van der Waals surface area contributed by atoms with Crippen LogP contribution in [0.3, 0.4) is 0 Å². The van der Waals surface area contributed by atoms with E-state index in [0.29, 0.717) is 17.6 Å². The Morgan fingerprint density at radius 3 is 1.47 bits per heavy atom. The zero-order chi connectivity index (χ0) is 36.0. The normalized spacial score (nSPS) is 12.0. The number of nitrogens with zero attached hydrogens (tertiary/aromatic N) is 5. The van der Waals surface area contributed by atoms with Crippen LogP contribution in [0.1, 0.15) is 0 Å². The molecule has 12 aromatic rings. The molecule has 256 valence electrons. The molecule has 8 aromatic carbocycles. The van der Waals surface area contributed by atoms with E-state index in [0.717, 1.165) is 33.2 Å². The van der Waals surface area contributed by atoms with Crippen molar-refractivity contribution in [2.75, 3.05) is 0 Å². The Bertz CT molecular complexity index is 3430. The second kappa shape index (κ2) is 11.7. The molecule has 12 rings (SSSR count). The molecule has 55 heavy (non-hydrogen) atoms. The second-order valence-corrected chi connectivity index (χ2v) is 15.1. The third kappa shape index (κ3) is 4.49. The van der Waals surface area contributed by atoms with Crippen molar-refractivity contribution in [2.45, 2.75) is 0 Å². The first kappa shape index (κ1) is 30.3. The van der Waals surface area contributed by atoms with Crippen molar-refractivity contribution in [3.8, 4) is 34.4 Å². The molecule has 0 aliphatic rings. The van der Waals surface area contributed by atoms with Gasteiger partial charge in [-0.15, -0.1) is 11.3 Å². The first-order valence-corrected chi connectivity index (χ1v) is 19.3. The first-order valence-electron chi connectivity index (χ1n) is 18.5. The van der Waals surface area contributed by atoms with Crippen LogP contribution in [0.4, 0.5) is 0 Å². The lowest BCUT2D eigenvalue weighted by atomic mass is 10.1. The molecular weight excluding hydrogens is 691 g/mol. The molecule has 4 aromatic heterocycles. The molecule has 0 fully saturated rings. The van der Waals surface area contributed by atoms with Crippen LogP contribution in [0.25, 0.3) is 109 Å². The van der Waals surface area contributed by atoms with E-state index in [1.807, 2.05) is 47.7 Å². The van der Waals surface area contributed by atoms with E-state index in [-0.39, 0.29) is 0 Å². The van der Waals surface area contributed by atoms with Gasteiger partial charge in [0.25, 0.3) is 0 Å². The maximum Gasteiger partial charge on any atom is 0.238 e. The summed E-state index contributed by atoms with van der Waals surface area (Å²) in [4.78, 5) is 15.5. The van der Waals surface area contributed by atoms with Crippen LogP contribution in [-0.4, -0.2) is 24.1 Å². The van der Waals surface area contributed by atoms with Gasteiger partial charge in [-0.3, -0.25) is 4.57 Å². The summed E-state index contributed by atoms with van der Waals surface area (Å²) in [7, 11) is 0. The van der Waals surface area contributed by atoms with E-state index in [1.54, 1.807) is 0 Å². The Balaban J connectivity index is 1.21. The highest BCUT2D eigenvalue weighted by molar-refractivity contribution is 7.27. The molecule has 0 radical (unpaired) electrons. The standard InChI is InChI=1S/C49H29N5S/c1-3-14-31(15-4-1)47-50-48(32-16-5-2-6-17-32)52-49(51-47)54-42-22-12-10-20-36(42)38-26-28-40-39-27-25-37-35-19-9-11-21-41(35)53(43(37)45(39)55-46(40)44(38)54)34-24-23-30-13-7-8-18-33(30)29-34/h1-29H. The van der Waals surface area contributed by atoms with Crippen molar-refractivity contribution in [3.05, 3.63) is 176 Å². The fourth-order valence-corrected chi connectivity index (χ4v) is 9.85. The Kier molecular flexibility index (Phi) is 6.44. The zero-order valence-corrected chi connectivity index (χ0v) is 30.2. The molecule has 5 nitrogen and oxygen atoms in total. The fraction of sp³-hybridized carbons (Fsp3) is 0. The van der Waals surface area contributed by atoms with Gasteiger partial charge in [0.05, 0.1) is 31.5 Å². The number of fused-ring (bicyclic) bond motifs is 12. The molecule has 0 aliphatic heterocycles. The Hall–Kier alpha value is -7.15. The van der Waals surface area contributed by atoms with Crippen LogP contribution < -0.4 is 0 Å². The molecule has 0 bridgehead atoms. The maximum atomic E-state index is 5.23. The molecule has 0 saturated heterocycles. The van der Waals surface area contributed by atoms with E-state index >= 15 is 0 Å². The number of hydrogen-bond donors (Lipinski definition) is 0. The number of benzene rings is 8. The number of aromatic nitrogens is 5. The van der Waals surface area contributed by atoms with Crippen molar-refractivity contribution in [2.24, 2.45) is 0 Å². The lowest BCUT2D eigenvalue weighted by Gasteiger charge is -2.11. The summed E-state index contributed by atoms with van der Waals surface area (Å²) < 4.78 is 7.19. The monoisotopic (exact) mass is 719 g/mol. The zero-order valence-electron chi connectivity index (χ0n) is 29.4. The van der Waals surface area contributed by atoms with Crippen molar-refractivity contribution in [3.63, 3.8) is 0 Å². The highest BCUT2D eigenvalue weighted by Crippen LogP contribution is 2.47. The lowest BCUT2D eigenvalue weighted by molar-refractivity contribution is 0.955. The number of thiophene rings is 1. The van der Waals surface area contributed by atoms with Crippen molar-refractivity contribution in [1.29, 1.82) is 0 Å². The van der Waals surface area contributed by atoms with Gasteiger partial charge in [0.2, 0.25) is 5.95 Å². The van der Waals surface area contributed by atoms with Crippen LogP contribution in [-0.2, 0) is 0 Å². The van der Waals surface area contributed by atoms with E-state index in [2.05, 4.69) is 149 Å². The Labute approximate surface area is 319 Å². The summed E-state index contributed by atoms with van der Waals surface area (Å²) in [5, 5.41) is 9.74. The third-order valence-corrected chi connectivity index (χ3v) is 12.2. The average Bonchev–Trinajstić information content (AvgIpc) is 3.92. The smallest absolute Gasteiger partial charge is 0.238 e.